The van der Waals surface area contributed by atoms with Crippen molar-refractivity contribution in [2.75, 3.05) is 7.11 Å². The van der Waals surface area contributed by atoms with Gasteiger partial charge in [0.05, 0.1) is 5.60 Å². The average Bonchev–Trinajstić information content (AvgIpc) is 2.29. The summed E-state index contributed by atoms with van der Waals surface area (Å²) in [6.07, 6.45) is 0.990. The lowest BCUT2D eigenvalue weighted by atomic mass is 9.98. The van der Waals surface area contributed by atoms with Crippen LogP contribution in [0.5, 0.6) is 0 Å². The SMILES string of the molecule is COC(C)(C)CC(C)N[C@@H](C)c1ccc(Br)cc1. The summed E-state index contributed by atoms with van der Waals surface area (Å²) in [7, 11) is 1.77. The van der Waals surface area contributed by atoms with E-state index < -0.39 is 0 Å². The molecule has 0 aliphatic heterocycles. The van der Waals surface area contributed by atoms with Gasteiger partial charge in [-0.15, -0.1) is 0 Å². The molecule has 1 aromatic carbocycles. The molecule has 2 atom stereocenters. The van der Waals surface area contributed by atoms with Crippen LogP contribution in [-0.4, -0.2) is 18.8 Å². The van der Waals surface area contributed by atoms with Crippen LogP contribution in [0, 0.1) is 0 Å². The zero-order chi connectivity index (χ0) is 13.8. The molecular weight excluding hydrogens is 290 g/mol. The highest BCUT2D eigenvalue weighted by atomic mass is 79.9. The second-order valence-corrected chi connectivity index (χ2v) is 6.42. The van der Waals surface area contributed by atoms with Gasteiger partial charge in [-0.2, -0.15) is 0 Å². The number of halogens is 1. The van der Waals surface area contributed by atoms with Gasteiger partial charge in [-0.1, -0.05) is 28.1 Å². The van der Waals surface area contributed by atoms with Gasteiger partial charge in [0, 0.05) is 23.7 Å². The Morgan fingerprint density at radius 2 is 1.78 bits per heavy atom. The molecule has 0 saturated carbocycles. The highest BCUT2D eigenvalue weighted by molar-refractivity contribution is 9.10. The monoisotopic (exact) mass is 313 g/mol. The second kappa shape index (κ2) is 6.69. The Hall–Kier alpha value is -0.380. The number of benzene rings is 1. The van der Waals surface area contributed by atoms with E-state index >= 15 is 0 Å². The van der Waals surface area contributed by atoms with Crippen molar-refractivity contribution in [3.8, 4) is 0 Å². The van der Waals surface area contributed by atoms with Crippen LogP contribution in [0.15, 0.2) is 28.7 Å². The summed E-state index contributed by atoms with van der Waals surface area (Å²) in [6.45, 7) is 8.64. The second-order valence-electron chi connectivity index (χ2n) is 5.51. The Morgan fingerprint density at radius 1 is 1.22 bits per heavy atom. The summed E-state index contributed by atoms with van der Waals surface area (Å²) in [4.78, 5) is 0. The summed E-state index contributed by atoms with van der Waals surface area (Å²) in [5.74, 6) is 0. The van der Waals surface area contributed by atoms with Crippen LogP contribution in [0.1, 0.15) is 45.7 Å². The maximum atomic E-state index is 5.47. The molecule has 1 aromatic rings. The van der Waals surface area contributed by atoms with Gasteiger partial charge < -0.3 is 10.1 Å². The first-order chi connectivity index (χ1) is 8.34. The van der Waals surface area contributed by atoms with E-state index in [9.17, 15) is 0 Å². The minimum Gasteiger partial charge on any atom is -0.379 e. The molecule has 0 bridgehead atoms. The van der Waals surface area contributed by atoms with Gasteiger partial charge in [0.1, 0.15) is 0 Å². The van der Waals surface area contributed by atoms with Crippen molar-refractivity contribution in [1.29, 1.82) is 0 Å². The number of methoxy groups -OCH3 is 1. The molecule has 1 rings (SSSR count). The first kappa shape index (κ1) is 15.7. The number of hydrogen-bond acceptors (Lipinski definition) is 2. The molecule has 0 amide bonds. The van der Waals surface area contributed by atoms with E-state index in [1.54, 1.807) is 7.11 Å². The molecule has 2 nitrogen and oxygen atoms in total. The highest BCUT2D eigenvalue weighted by Crippen LogP contribution is 2.20. The predicted octanol–water partition coefficient (Wildman–Crippen LogP) is 4.30. The van der Waals surface area contributed by atoms with Gasteiger partial charge in [-0.25, -0.2) is 0 Å². The molecule has 0 aromatic heterocycles. The zero-order valence-electron chi connectivity index (χ0n) is 12.0. The van der Waals surface area contributed by atoms with Crippen molar-refractivity contribution >= 4 is 15.9 Å². The van der Waals surface area contributed by atoms with Gasteiger partial charge in [0.25, 0.3) is 0 Å². The van der Waals surface area contributed by atoms with E-state index in [4.69, 9.17) is 4.74 Å². The molecule has 0 saturated heterocycles. The summed E-state index contributed by atoms with van der Waals surface area (Å²) in [5.41, 5.74) is 1.23. The van der Waals surface area contributed by atoms with Gasteiger partial charge in [-0.05, 0) is 51.8 Å². The fourth-order valence-corrected chi connectivity index (χ4v) is 2.42. The third-order valence-corrected chi connectivity index (χ3v) is 3.78. The molecule has 0 fully saturated rings. The molecule has 18 heavy (non-hydrogen) atoms. The minimum absolute atomic E-state index is 0.0775. The van der Waals surface area contributed by atoms with E-state index in [2.05, 4.69) is 73.2 Å². The Kier molecular flexibility index (Phi) is 5.83. The van der Waals surface area contributed by atoms with E-state index in [-0.39, 0.29) is 5.60 Å². The molecule has 0 radical (unpaired) electrons. The Bertz CT molecular complexity index is 361. The topological polar surface area (TPSA) is 21.3 Å². The van der Waals surface area contributed by atoms with E-state index in [1.807, 2.05) is 0 Å². The molecular formula is C15H24BrNO. The molecule has 0 aliphatic rings. The number of ether oxygens (including phenoxy) is 1. The van der Waals surface area contributed by atoms with Crippen LogP contribution in [0.4, 0.5) is 0 Å². The normalized spacial score (nSPS) is 15.4. The standard InChI is InChI=1S/C15H24BrNO/c1-11(10-15(3,4)18-5)17-12(2)13-6-8-14(16)9-7-13/h6-9,11-12,17H,10H2,1-5H3/t11?,12-/m0/s1. The van der Waals surface area contributed by atoms with Crippen LogP contribution in [0.2, 0.25) is 0 Å². The lowest BCUT2D eigenvalue weighted by Crippen LogP contribution is -2.36. The number of hydrogen-bond donors (Lipinski definition) is 1. The summed E-state index contributed by atoms with van der Waals surface area (Å²) in [6, 6.07) is 9.22. The summed E-state index contributed by atoms with van der Waals surface area (Å²) in [5, 5.41) is 3.61. The van der Waals surface area contributed by atoms with Crippen LogP contribution < -0.4 is 5.32 Å². The molecule has 0 spiro atoms. The van der Waals surface area contributed by atoms with Crippen molar-refractivity contribution in [2.45, 2.75) is 51.8 Å². The van der Waals surface area contributed by atoms with E-state index in [1.165, 1.54) is 5.56 Å². The summed E-state index contributed by atoms with van der Waals surface area (Å²) < 4.78 is 6.58. The minimum atomic E-state index is -0.0775. The third-order valence-electron chi connectivity index (χ3n) is 3.25. The fourth-order valence-electron chi connectivity index (χ4n) is 2.15. The quantitative estimate of drug-likeness (QED) is 0.845. The zero-order valence-corrected chi connectivity index (χ0v) is 13.5. The maximum Gasteiger partial charge on any atom is 0.0637 e. The van der Waals surface area contributed by atoms with Crippen LogP contribution in [0.25, 0.3) is 0 Å². The Balaban J connectivity index is 2.54. The van der Waals surface area contributed by atoms with E-state index in [0.717, 1.165) is 10.9 Å². The van der Waals surface area contributed by atoms with E-state index in [0.29, 0.717) is 12.1 Å². The largest absolute Gasteiger partial charge is 0.379 e. The Labute approximate surface area is 119 Å². The molecule has 3 heteroatoms. The molecule has 0 heterocycles. The smallest absolute Gasteiger partial charge is 0.0637 e. The van der Waals surface area contributed by atoms with Gasteiger partial charge in [-0.3, -0.25) is 0 Å². The maximum absolute atomic E-state index is 5.47. The average molecular weight is 314 g/mol. The number of rotatable bonds is 6. The fraction of sp³-hybridized carbons (Fsp3) is 0.600. The van der Waals surface area contributed by atoms with Gasteiger partial charge in [0.2, 0.25) is 0 Å². The van der Waals surface area contributed by atoms with Crippen LogP contribution in [0.3, 0.4) is 0 Å². The molecule has 102 valence electrons. The molecule has 0 aliphatic carbocycles. The third kappa shape index (κ3) is 5.09. The Morgan fingerprint density at radius 3 is 2.28 bits per heavy atom. The first-order valence-corrected chi connectivity index (χ1v) is 7.20. The van der Waals surface area contributed by atoms with Crippen molar-refractivity contribution < 1.29 is 4.74 Å². The van der Waals surface area contributed by atoms with Crippen LogP contribution >= 0.6 is 15.9 Å². The van der Waals surface area contributed by atoms with Crippen LogP contribution in [-0.2, 0) is 4.74 Å². The van der Waals surface area contributed by atoms with Gasteiger partial charge in [0.15, 0.2) is 0 Å². The van der Waals surface area contributed by atoms with Crippen molar-refractivity contribution in [2.24, 2.45) is 0 Å². The lowest BCUT2D eigenvalue weighted by Gasteiger charge is -2.29. The summed E-state index contributed by atoms with van der Waals surface area (Å²) >= 11 is 3.46. The molecule has 1 N–H and O–H groups in total. The van der Waals surface area contributed by atoms with Gasteiger partial charge >= 0.3 is 0 Å². The molecule has 1 unspecified atom stereocenters. The van der Waals surface area contributed by atoms with Crippen molar-refractivity contribution in [1.82, 2.24) is 5.32 Å². The highest BCUT2D eigenvalue weighted by Gasteiger charge is 2.21. The first-order valence-electron chi connectivity index (χ1n) is 6.41. The predicted molar refractivity (Wildman–Crippen MR) is 80.9 cm³/mol. The lowest BCUT2D eigenvalue weighted by molar-refractivity contribution is 0.00782. The van der Waals surface area contributed by atoms with Crippen molar-refractivity contribution in [3.63, 3.8) is 0 Å². The van der Waals surface area contributed by atoms with Crippen molar-refractivity contribution in [3.05, 3.63) is 34.3 Å². The number of nitrogens with one attached hydrogen (secondary N) is 1.